The van der Waals surface area contributed by atoms with E-state index in [2.05, 4.69) is 16.4 Å². The predicted octanol–water partition coefficient (Wildman–Crippen LogP) is 3.53. The lowest BCUT2D eigenvalue weighted by atomic mass is 9.91. The van der Waals surface area contributed by atoms with Crippen molar-refractivity contribution >= 4 is 46.7 Å². The van der Waals surface area contributed by atoms with Gasteiger partial charge in [-0.05, 0) is 66.5 Å². The minimum atomic E-state index is -5.00. The number of fused-ring (bicyclic) bond motifs is 2. The van der Waals surface area contributed by atoms with E-state index in [1.807, 2.05) is 0 Å². The molecule has 3 amide bonds. The normalized spacial score (nSPS) is 25.9. The van der Waals surface area contributed by atoms with Gasteiger partial charge >= 0.3 is 7.60 Å². The van der Waals surface area contributed by atoms with Crippen molar-refractivity contribution < 1.29 is 33.1 Å². The first-order valence-corrected chi connectivity index (χ1v) is 17.7. The first-order valence-electron chi connectivity index (χ1n) is 15.2. The number of thiophene rings is 1. The number of benzene rings is 1. The summed E-state index contributed by atoms with van der Waals surface area (Å²) in [4.78, 5) is 77.8. The van der Waals surface area contributed by atoms with Crippen molar-refractivity contribution in [1.29, 1.82) is 5.26 Å². The van der Waals surface area contributed by atoms with Gasteiger partial charge in [-0.2, -0.15) is 5.26 Å². The van der Waals surface area contributed by atoms with E-state index in [0.29, 0.717) is 41.3 Å². The number of nitrogens with one attached hydrogen (secondary N) is 2. The van der Waals surface area contributed by atoms with Crippen LogP contribution in [0.3, 0.4) is 0 Å². The lowest BCUT2D eigenvalue weighted by Crippen LogP contribution is -2.56. The highest BCUT2D eigenvalue weighted by Crippen LogP contribution is 2.53. The summed E-state index contributed by atoms with van der Waals surface area (Å²) in [7, 11) is -5.00. The Balaban J connectivity index is 1.19. The summed E-state index contributed by atoms with van der Waals surface area (Å²) in [5.41, 5.74) is 0.203. The molecular weight excluding hydrogens is 636 g/mol. The Bertz CT molecular complexity index is 1830. The van der Waals surface area contributed by atoms with Crippen LogP contribution >= 0.6 is 18.9 Å². The fourth-order valence-electron chi connectivity index (χ4n) is 7.01. The van der Waals surface area contributed by atoms with Gasteiger partial charge in [0.25, 0.3) is 5.91 Å². The summed E-state index contributed by atoms with van der Waals surface area (Å²) in [5, 5.41) is 13.1. The van der Waals surface area contributed by atoms with Gasteiger partial charge in [-0.3, -0.25) is 23.7 Å². The predicted molar refractivity (Wildman–Crippen MR) is 167 cm³/mol. The van der Waals surface area contributed by atoms with Gasteiger partial charge in [-0.15, -0.1) is 11.3 Å². The van der Waals surface area contributed by atoms with E-state index >= 15 is 0 Å². The van der Waals surface area contributed by atoms with Gasteiger partial charge in [-0.25, -0.2) is 4.39 Å². The standard InChI is InChI=1S/C31H33FN5O7PS/c32-28(45(42,43)44)18-5-8-25-19(11-18)12-26(46-25)29(39)35-23-4-2-1-3-21-6-7-24(37(21)30(23)40)31(41)36-15-20(14-33)22(16-36)17-9-10-34-27(38)13-17/h5,8-13,20-24,28H,1-4,6-7,15-16H2,(H,34,38)(H,35,39)(H2,42,43,44)/t20-,21?,22-,23+,24+,28-/m1/s1. The maximum Gasteiger partial charge on any atom is 0.363 e. The Morgan fingerprint density at radius 2 is 1.87 bits per heavy atom. The van der Waals surface area contributed by atoms with Gasteiger partial charge in [0.2, 0.25) is 23.3 Å². The third-order valence-corrected chi connectivity index (χ3v) is 11.3. The molecule has 5 heterocycles. The molecule has 0 spiro atoms. The highest BCUT2D eigenvalue weighted by molar-refractivity contribution is 7.51. The molecular formula is C31H33FN5O7PS. The van der Waals surface area contributed by atoms with Crippen molar-refractivity contribution in [3.05, 3.63) is 69.0 Å². The number of nitrogens with zero attached hydrogens (tertiary/aromatic N) is 3. The zero-order valence-electron chi connectivity index (χ0n) is 24.7. The number of nitriles is 1. The van der Waals surface area contributed by atoms with Crippen LogP contribution in [0, 0.1) is 17.2 Å². The number of alkyl halides is 1. The van der Waals surface area contributed by atoms with E-state index in [1.54, 1.807) is 15.9 Å². The number of likely N-dealkylation sites (tertiary alicyclic amines) is 1. The highest BCUT2D eigenvalue weighted by atomic mass is 32.1. The summed E-state index contributed by atoms with van der Waals surface area (Å²) in [5.74, 6) is -4.39. The fraction of sp³-hybridized carbons (Fsp3) is 0.452. The van der Waals surface area contributed by atoms with Gasteiger partial charge in [0.15, 0.2) is 0 Å². The minimum absolute atomic E-state index is 0.149. The smallest absolute Gasteiger partial charge is 0.340 e. The summed E-state index contributed by atoms with van der Waals surface area (Å²) in [6.07, 6.45) is 5.32. The molecule has 4 N–H and O–H groups in total. The van der Waals surface area contributed by atoms with Crippen LogP contribution in [0.1, 0.15) is 71.2 Å². The molecule has 0 radical (unpaired) electrons. The molecule has 3 aliphatic rings. The molecule has 46 heavy (non-hydrogen) atoms. The van der Waals surface area contributed by atoms with Gasteiger partial charge in [0, 0.05) is 42.0 Å². The Morgan fingerprint density at radius 1 is 1.09 bits per heavy atom. The van der Waals surface area contributed by atoms with E-state index < -0.39 is 37.4 Å². The molecule has 0 saturated carbocycles. The fourth-order valence-corrected chi connectivity index (χ4v) is 8.50. The van der Waals surface area contributed by atoms with Crippen LogP contribution in [-0.2, 0) is 14.2 Å². The molecule has 3 saturated heterocycles. The summed E-state index contributed by atoms with van der Waals surface area (Å²) < 4.78 is 26.3. The molecule has 3 fully saturated rings. The zero-order chi connectivity index (χ0) is 32.7. The topological polar surface area (TPSA) is 184 Å². The van der Waals surface area contributed by atoms with E-state index in [1.165, 1.54) is 36.5 Å². The van der Waals surface area contributed by atoms with E-state index in [9.17, 15) is 43.2 Å². The molecule has 15 heteroatoms. The second-order valence-electron chi connectivity index (χ2n) is 12.2. The number of H-pyrrole nitrogens is 1. The second-order valence-corrected chi connectivity index (χ2v) is 14.9. The highest BCUT2D eigenvalue weighted by Gasteiger charge is 2.47. The van der Waals surface area contributed by atoms with Crippen molar-refractivity contribution in [2.45, 2.75) is 68.5 Å². The number of halogens is 1. The molecule has 1 aromatic carbocycles. The molecule has 1 unspecified atom stereocenters. The van der Waals surface area contributed by atoms with Crippen molar-refractivity contribution in [2.24, 2.45) is 5.92 Å². The number of rotatable bonds is 6. The molecule has 0 aliphatic carbocycles. The number of hydrogen-bond donors (Lipinski definition) is 4. The maximum absolute atomic E-state index is 14.3. The molecule has 242 valence electrons. The van der Waals surface area contributed by atoms with E-state index in [-0.39, 0.29) is 52.9 Å². The lowest BCUT2D eigenvalue weighted by Gasteiger charge is -2.36. The monoisotopic (exact) mass is 669 g/mol. The Kier molecular flexibility index (Phi) is 8.87. The average molecular weight is 670 g/mol. The van der Waals surface area contributed by atoms with Gasteiger partial charge in [0.05, 0.1) is 16.9 Å². The molecule has 6 atom stereocenters. The molecule has 3 aliphatic heterocycles. The van der Waals surface area contributed by atoms with E-state index in [0.717, 1.165) is 24.2 Å². The van der Waals surface area contributed by atoms with Crippen LogP contribution in [-0.4, -0.2) is 73.5 Å². The third kappa shape index (κ3) is 6.25. The number of pyridine rings is 1. The number of amides is 3. The van der Waals surface area contributed by atoms with Crippen molar-refractivity contribution in [3.8, 4) is 6.07 Å². The molecule has 3 aromatic rings. The second kappa shape index (κ2) is 12.7. The zero-order valence-corrected chi connectivity index (χ0v) is 26.4. The number of hydrogen-bond acceptors (Lipinski definition) is 7. The Morgan fingerprint density at radius 3 is 2.61 bits per heavy atom. The van der Waals surface area contributed by atoms with Crippen molar-refractivity contribution in [3.63, 3.8) is 0 Å². The van der Waals surface area contributed by atoms with Crippen LogP contribution in [0.2, 0.25) is 0 Å². The number of carbonyl (C=O) groups excluding carboxylic acids is 3. The van der Waals surface area contributed by atoms with E-state index in [4.69, 9.17) is 0 Å². The first-order chi connectivity index (χ1) is 21.9. The third-order valence-electron chi connectivity index (χ3n) is 9.28. The summed E-state index contributed by atoms with van der Waals surface area (Å²) in [6, 6.07) is 9.28. The van der Waals surface area contributed by atoms with Crippen LogP contribution < -0.4 is 10.9 Å². The van der Waals surface area contributed by atoms with Gasteiger partial charge in [0.1, 0.15) is 12.1 Å². The molecule has 6 rings (SSSR count). The quantitative estimate of drug-likeness (QED) is 0.287. The SMILES string of the molecule is N#C[C@@H]1CN(C(=O)[C@@H]2CCC3CCCC[C@H](NC(=O)c4cc5cc([C@H](F)P(=O)(O)O)ccc5s4)C(=O)N32)C[C@@H]1c1cc[nH]c(=O)c1. The summed E-state index contributed by atoms with van der Waals surface area (Å²) >= 11 is 1.11. The number of carbonyl (C=O) groups is 3. The summed E-state index contributed by atoms with van der Waals surface area (Å²) in [6.45, 7) is 0.454. The average Bonchev–Trinajstić information content (AvgIpc) is 3.76. The number of aromatic amines is 1. The minimum Gasteiger partial charge on any atom is -0.340 e. The molecule has 2 aromatic heterocycles. The first kappa shape index (κ1) is 32.1. The maximum atomic E-state index is 14.3. The van der Waals surface area contributed by atoms with Crippen LogP contribution in [0.15, 0.2) is 47.4 Å². The molecule has 12 nitrogen and oxygen atoms in total. The largest absolute Gasteiger partial charge is 0.363 e. The van der Waals surface area contributed by atoms with Crippen LogP contribution in [0.25, 0.3) is 10.1 Å². The Labute approximate surface area is 267 Å². The van der Waals surface area contributed by atoms with Crippen molar-refractivity contribution in [1.82, 2.24) is 20.1 Å². The lowest BCUT2D eigenvalue weighted by molar-refractivity contribution is -0.146. The van der Waals surface area contributed by atoms with Gasteiger partial charge < -0.3 is 29.9 Å². The van der Waals surface area contributed by atoms with Crippen LogP contribution in [0.4, 0.5) is 4.39 Å². The Hall–Kier alpha value is -3.89. The van der Waals surface area contributed by atoms with Crippen molar-refractivity contribution in [2.75, 3.05) is 13.1 Å². The number of aromatic nitrogens is 1. The van der Waals surface area contributed by atoms with Gasteiger partial charge in [-0.1, -0.05) is 18.9 Å². The molecule has 0 bridgehead atoms. The van der Waals surface area contributed by atoms with Crippen LogP contribution in [0.5, 0.6) is 0 Å².